The lowest BCUT2D eigenvalue weighted by atomic mass is 10.1. The number of halogens is 1. The van der Waals surface area contributed by atoms with Gasteiger partial charge in [0, 0.05) is 20.8 Å². The van der Waals surface area contributed by atoms with Crippen LogP contribution in [0.4, 0.5) is 5.69 Å². The van der Waals surface area contributed by atoms with Crippen LogP contribution >= 0.6 is 22.9 Å². The topological polar surface area (TPSA) is 26.0 Å². The number of fused-ring (bicyclic) bond motifs is 1. The van der Waals surface area contributed by atoms with Crippen LogP contribution in [0.1, 0.15) is 5.56 Å². The molecule has 2 rings (SSSR count). The second-order valence-corrected chi connectivity index (χ2v) is 4.08. The molecule has 0 amide bonds. The minimum Gasteiger partial charge on any atom is -0.398 e. The molecule has 0 atom stereocenters. The molecule has 1 heterocycles. The largest absolute Gasteiger partial charge is 0.398 e. The molecule has 0 bridgehead atoms. The maximum absolute atomic E-state index is 5.98. The Hall–Kier alpha value is -0.730. The second kappa shape index (κ2) is 2.64. The molecule has 0 spiro atoms. The van der Waals surface area contributed by atoms with Crippen molar-refractivity contribution in [3.63, 3.8) is 0 Å². The maximum atomic E-state index is 5.98. The molecule has 1 aromatic carbocycles. The van der Waals surface area contributed by atoms with Gasteiger partial charge >= 0.3 is 0 Å². The van der Waals surface area contributed by atoms with Gasteiger partial charge in [-0.05, 0) is 30.0 Å². The second-order valence-electron chi connectivity index (χ2n) is 2.73. The van der Waals surface area contributed by atoms with Crippen LogP contribution < -0.4 is 5.73 Å². The summed E-state index contributed by atoms with van der Waals surface area (Å²) in [5.41, 5.74) is 7.66. The van der Waals surface area contributed by atoms with Crippen LogP contribution in [0.2, 0.25) is 5.02 Å². The molecule has 0 saturated heterocycles. The van der Waals surface area contributed by atoms with Gasteiger partial charge in [-0.1, -0.05) is 11.6 Å². The Balaban J connectivity index is 2.94. The average molecular weight is 198 g/mol. The molecule has 0 aliphatic rings. The van der Waals surface area contributed by atoms with Gasteiger partial charge < -0.3 is 5.73 Å². The van der Waals surface area contributed by atoms with Crippen LogP contribution in [0.5, 0.6) is 0 Å². The van der Waals surface area contributed by atoms with Crippen molar-refractivity contribution in [2.75, 3.05) is 5.73 Å². The summed E-state index contributed by atoms with van der Waals surface area (Å²) in [6.45, 7) is 1.94. The maximum Gasteiger partial charge on any atom is 0.0470 e. The van der Waals surface area contributed by atoms with Gasteiger partial charge in [0.25, 0.3) is 0 Å². The number of hydrogen-bond acceptors (Lipinski definition) is 2. The van der Waals surface area contributed by atoms with Crippen molar-refractivity contribution in [1.29, 1.82) is 0 Å². The number of nitrogens with two attached hydrogens (primary N) is 1. The van der Waals surface area contributed by atoms with Crippen LogP contribution in [0.3, 0.4) is 0 Å². The highest BCUT2D eigenvalue weighted by Gasteiger charge is 2.05. The van der Waals surface area contributed by atoms with E-state index in [-0.39, 0.29) is 0 Å². The Morgan fingerprint density at radius 3 is 3.00 bits per heavy atom. The summed E-state index contributed by atoms with van der Waals surface area (Å²) in [5, 5.41) is 3.89. The lowest BCUT2D eigenvalue weighted by molar-refractivity contribution is 1.51. The van der Waals surface area contributed by atoms with Crippen molar-refractivity contribution in [1.82, 2.24) is 0 Å². The zero-order valence-electron chi connectivity index (χ0n) is 6.60. The van der Waals surface area contributed by atoms with Gasteiger partial charge in [0.2, 0.25) is 0 Å². The van der Waals surface area contributed by atoms with E-state index in [0.717, 1.165) is 26.4 Å². The molecular formula is C9H8ClNS. The first-order valence-electron chi connectivity index (χ1n) is 3.62. The zero-order valence-corrected chi connectivity index (χ0v) is 8.17. The highest BCUT2D eigenvalue weighted by atomic mass is 35.5. The number of hydrogen-bond donors (Lipinski definition) is 1. The van der Waals surface area contributed by atoms with Crippen LogP contribution in [-0.4, -0.2) is 0 Å². The average Bonchev–Trinajstić information content (AvgIpc) is 2.48. The van der Waals surface area contributed by atoms with Crippen LogP contribution in [0, 0.1) is 6.92 Å². The van der Waals surface area contributed by atoms with E-state index in [4.69, 9.17) is 17.3 Å². The first-order chi connectivity index (χ1) is 5.70. The first kappa shape index (κ1) is 7.90. The van der Waals surface area contributed by atoms with Crippen molar-refractivity contribution in [3.05, 3.63) is 28.1 Å². The quantitative estimate of drug-likeness (QED) is 0.644. The van der Waals surface area contributed by atoms with Gasteiger partial charge in [-0.15, -0.1) is 11.3 Å². The number of nitrogen functional groups attached to an aromatic ring is 1. The van der Waals surface area contributed by atoms with E-state index < -0.39 is 0 Å². The van der Waals surface area contributed by atoms with Gasteiger partial charge in [0.05, 0.1) is 0 Å². The Kier molecular flexibility index (Phi) is 1.74. The number of rotatable bonds is 0. The van der Waals surface area contributed by atoms with Gasteiger partial charge in [-0.25, -0.2) is 0 Å². The Morgan fingerprint density at radius 1 is 1.50 bits per heavy atom. The number of thiophene rings is 1. The Morgan fingerprint density at radius 2 is 2.25 bits per heavy atom. The molecule has 0 aliphatic heterocycles. The van der Waals surface area contributed by atoms with E-state index in [1.807, 2.05) is 24.4 Å². The van der Waals surface area contributed by atoms with Crippen molar-refractivity contribution in [3.8, 4) is 0 Å². The lowest BCUT2D eigenvalue weighted by Crippen LogP contribution is -1.90. The molecule has 0 aliphatic carbocycles. The number of anilines is 1. The molecule has 0 saturated carbocycles. The fourth-order valence-corrected chi connectivity index (χ4v) is 2.33. The molecule has 62 valence electrons. The summed E-state index contributed by atoms with van der Waals surface area (Å²) in [6, 6.07) is 3.99. The van der Waals surface area contributed by atoms with E-state index in [0.29, 0.717) is 0 Å². The van der Waals surface area contributed by atoms with Gasteiger partial charge in [0.1, 0.15) is 0 Å². The van der Waals surface area contributed by atoms with Crippen molar-refractivity contribution in [2.45, 2.75) is 6.92 Å². The van der Waals surface area contributed by atoms with E-state index in [1.54, 1.807) is 11.3 Å². The molecule has 12 heavy (non-hydrogen) atoms. The summed E-state index contributed by atoms with van der Waals surface area (Å²) >= 11 is 7.64. The predicted octanol–water partition coefficient (Wildman–Crippen LogP) is 3.45. The summed E-state index contributed by atoms with van der Waals surface area (Å²) in [5.74, 6) is 0. The van der Waals surface area contributed by atoms with E-state index in [1.165, 1.54) is 0 Å². The summed E-state index contributed by atoms with van der Waals surface area (Å²) in [7, 11) is 0. The fourth-order valence-electron chi connectivity index (χ4n) is 1.21. The molecule has 3 heteroatoms. The molecule has 0 fully saturated rings. The summed E-state index contributed by atoms with van der Waals surface area (Å²) in [4.78, 5) is 0. The highest BCUT2D eigenvalue weighted by Crippen LogP contribution is 2.33. The van der Waals surface area contributed by atoms with Crippen molar-refractivity contribution >= 4 is 38.7 Å². The summed E-state index contributed by atoms with van der Waals surface area (Å²) < 4.78 is 1.16. The standard InChI is InChI=1S/C9H8ClNS/c1-5-7(10)4-8-6(9(5)11)2-3-12-8/h2-4H,11H2,1H3. The minimum atomic E-state index is 0.752. The van der Waals surface area contributed by atoms with E-state index in [2.05, 4.69) is 0 Å². The third-order valence-corrected chi connectivity index (χ3v) is 3.26. The molecule has 1 nitrogen and oxygen atoms in total. The highest BCUT2D eigenvalue weighted by molar-refractivity contribution is 7.17. The van der Waals surface area contributed by atoms with Gasteiger partial charge in [-0.2, -0.15) is 0 Å². The van der Waals surface area contributed by atoms with Crippen molar-refractivity contribution < 1.29 is 0 Å². The smallest absolute Gasteiger partial charge is 0.0470 e. The molecule has 0 radical (unpaired) electrons. The number of benzene rings is 1. The molecule has 2 N–H and O–H groups in total. The monoisotopic (exact) mass is 197 g/mol. The van der Waals surface area contributed by atoms with Gasteiger partial charge in [0.15, 0.2) is 0 Å². The normalized spacial score (nSPS) is 10.8. The van der Waals surface area contributed by atoms with Crippen molar-refractivity contribution in [2.24, 2.45) is 0 Å². The van der Waals surface area contributed by atoms with Crippen LogP contribution in [0.15, 0.2) is 17.5 Å². The first-order valence-corrected chi connectivity index (χ1v) is 4.87. The zero-order chi connectivity index (χ0) is 8.72. The predicted molar refractivity (Wildman–Crippen MR) is 56.0 cm³/mol. The molecule has 0 unspecified atom stereocenters. The Labute approximate surface area is 79.8 Å². The Bertz CT molecular complexity index is 433. The summed E-state index contributed by atoms with van der Waals surface area (Å²) in [6.07, 6.45) is 0. The lowest BCUT2D eigenvalue weighted by Gasteiger charge is -2.03. The fraction of sp³-hybridized carbons (Fsp3) is 0.111. The molecule has 1 aromatic heterocycles. The minimum absolute atomic E-state index is 0.752. The SMILES string of the molecule is Cc1c(Cl)cc2sccc2c1N. The molecular weight excluding hydrogens is 190 g/mol. The van der Waals surface area contributed by atoms with Crippen LogP contribution in [-0.2, 0) is 0 Å². The van der Waals surface area contributed by atoms with Gasteiger partial charge in [-0.3, -0.25) is 0 Å². The van der Waals surface area contributed by atoms with E-state index in [9.17, 15) is 0 Å². The third-order valence-electron chi connectivity index (χ3n) is 2.01. The van der Waals surface area contributed by atoms with E-state index >= 15 is 0 Å². The molecule has 2 aromatic rings. The van der Waals surface area contributed by atoms with Crippen LogP contribution in [0.25, 0.3) is 10.1 Å². The third kappa shape index (κ3) is 0.993.